The maximum absolute atomic E-state index is 10.6. The zero-order valence-corrected chi connectivity index (χ0v) is 5.58. The molecule has 0 aromatic carbocycles. The van der Waals surface area contributed by atoms with E-state index in [1.165, 1.54) is 0 Å². The molecule has 5 nitrogen and oxygen atoms in total. The van der Waals surface area contributed by atoms with Gasteiger partial charge in [-0.3, -0.25) is 14.9 Å². The van der Waals surface area contributed by atoms with Crippen LogP contribution >= 0.6 is 0 Å². The van der Waals surface area contributed by atoms with E-state index in [4.69, 9.17) is 0 Å². The molecule has 1 fully saturated rings. The molecule has 0 aliphatic heterocycles. The van der Waals surface area contributed by atoms with E-state index in [9.17, 15) is 14.9 Å². The number of Topliss-reactive ketones (excluding diaryl/α,β-unsaturated/α-hetero) is 1. The molecule has 0 aromatic heterocycles. The van der Waals surface area contributed by atoms with Gasteiger partial charge >= 0.3 is 0 Å². The molecule has 3 N–H and O–H groups in total. The van der Waals surface area contributed by atoms with Crippen LogP contribution in [0.3, 0.4) is 0 Å². The van der Waals surface area contributed by atoms with Crippen LogP contribution in [0.5, 0.6) is 0 Å². The Balaban J connectivity index is 0.000000810. The van der Waals surface area contributed by atoms with Crippen LogP contribution in [0.25, 0.3) is 0 Å². The number of hydrogen-bond donors (Lipinski definition) is 1. The number of hydrogen-bond acceptors (Lipinski definition) is 4. The first-order valence-electron chi connectivity index (χ1n) is 2.88. The van der Waals surface area contributed by atoms with Gasteiger partial charge in [0, 0.05) is 17.8 Å². The maximum atomic E-state index is 10.6. The van der Waals surface area contributed by atoms with Crippen molar-refractivity contribution >= 4 is 5.78 Å². The van der Waals surface area contributed by atoms with Crippen molar-refractivity contribution in [1.82, 2.24) is 6.15 Å². The van der Waals surface area contributed by atoms with Gasteiger partial charge in [-0.15, -0.1) is 0 Å². The van der Waals surface area contributed by atoms with Crippen LogP contribution in [0.15, 0.2) is 0 Å². The van der Waals surface area contributed by atoms with Crippen molar-refractivity contribution in [2.75, 3.05) is 0 Å². The minimum atomic E-state index is -0.884. The van der Waals surface area contributed by atoms with Crippen molar-refractivity contribution in [3.63, 3.8) is 0 Å². The highest BCUT2D eigenvalue weighted by molar-refractivity contribution is 5.84. The van der Waals surface area contributed by atoms with E-state index in [1.54, 1.807) is 0 Å². The van der Waals surface area contributed by atoms with Gasteiger partial charge in [0.25, 0.3) is 6.04 Å². The third-order valence-electron chi connectivity index (χ3n) is 1.53. The standard InChI is InChI=1S/C5H7NO3.H3N/c7-5-3-1-2-4(5)6(8)9;/h4H,1-3H2;1H3. The summed E-state index contributed by atoms with van der Waals surface area (Å²) in [5.41, 5.74) is 0. The van der Waals surface area contributed by atoms with E-state index < -0.39 is 11.0 Å². The van der Waals surface area contributed by atoms with E-state index in [0.717, 1.165) is 0 Å². The molecular formula is C5H10N2O3. The molecule has 58 valence electrons. The minimum absolute atomic E-state index is 0. The molecule has 0 spiro atoms. The zero-order chi connectivity index (χ0) is 6.85. The molecule has 10 heavy (non-hydrogen) atoms. The SMILES string of the molecule is N.O=C1CCCC1[N+](=O)[O-]. The first kappa shape index (κ1) is 9.03. The number of rotatable bonds is 1. The summed E-state index contributed by atoms with van der Waals surface area (Å²) >= 11 is 0. The first-order valence-corrected chi connectivity index (χ1v) is 2.88. The van der Waals surface area contributed by atoms with Gasteiger partial charge in [-0.05, 0) is 6.42 Å². The quantitative estimate of drug-likeness (QED) is 0.431. The molecule has 0 amide bonds. The Morgan fingerprint density at radius 2 is 2.20 bits per heavy atom. The Labute approximate surface area is 58.1 Å². The Bertz CT molecular complexity index is 157. The molecule has 1 unspecified atom stereocenters. The van der Waals surface area contributed by atoms with Crippen LogP contribution in [-0.4, -0.2) is 16.7 Å². The van der Waals surface area contributed by atoms with E-state index in [0.29, 0.717) is 19.3 Å². The molecule has 5 heteroatoms. The molecule has 1 atom stereocenters. The minimum Gasteiger partial charge on any atom is -0.344 e. The second-order valence-electron chi connectivity index (χ2n) is 2.16. The molecular weight excluding hydrogens is 136 g/mol. The monoisotopic (exact) mass is 146 g/mol. The van der Waals surface area contributed by atoms with Crippen molar-refractivity contribution in [2.45, 2.75) is 25.3 Å². The smallest absolute Gasteiger partial charge is 0.270 e. The first-order chi connectivity index (χ1) is 4.22. The summed E-state index contributed by atoms with van der Waals surface area (Å²) in [5.74, 6) is -0.208. The summed E-state index contributed by atoms with van der Waals surface area (Å²) < 4.78 is 0. The van der Waals surface area contributed by atoms with E-state index in [-0.39, 0.29) is 11.9 Å². The van der Waals surface area contributed by atoms with Crippen LogP contribution in [0.4, 0.5) is 0 Å². The van der Waals surface area contributed by atoms with Crippen molar-refractivity contribution in [3.05, 3.63) is 10.1 Å². The van der Waals surface area contributed by atoms with Crippen LogP contribution in [0, 0.1) is 10.1 Å². The summed E-state index contributed by atoms with van der Waals surface area (Å²) in [5, 5.41) is 10.00. The highest BCUT2D eigenvalue weighted by Crippen LogP contribution is 2.16. The van der Waals surface area contributed by atoms with Gasteiger partial charge < -0.3 is 6.15 Å². The van der Waals surface area contributed by atoms with E-state index >= 15 is 0 Å². The lowest BCUT2D eigenvalue weighted by atomic mass is 10.2. The molecule has 1 rings (SSSR count). The molecule has 1 saturated carbocycles. The average molecular weight is 146 g/mol. The fraction of sp³-hybridized carbons (Fsp3) is 0.800. The van der Waals surface area contributed by atoms with Crippen LogP contribution in [-0.2, 0) is 4.79 Å². The highest BCUT2D eigenvalue weighted by Gasteiger charge is 2.33. The van der Waals surface area contributed by atoms with Gasteiger partial charge in [0.05, 0.1) is 0 Å². The van der Waals surface area contributed by atoms with Gasteiger partial charge in [-0.25, -0.2) is 0 Å². The van der Waals surface area contributed by atoms with Gasteiger partial charge in [0.15, 0.2) is 0 Å². The van der Waals surface area contributed by atoms with Crippen LogP contribution in [0.1, 0.15) is 19.3 Å². The van der Waals surface area contributed by atoms with E-state index in [2.05, 4.69) is 0 Å². The summed E-state index contributed by atoms with van der Waals surface area (Å²) in [6.45, 7) is 0. The van der Waals surface area contributed by atoms with Gasteiger partial charge in [-0.2, -0.15) is 0 Å². The van der Waals surface area contributed by atoms with Gasteiger partial charge in [-0.1, -0.05) is 0 Å². The molecule has 0 aromatic rings. The summed E-state index contributed by atoms with van der Waals surface area (Å²) in [4.78, 5) is 20.1. The second-order valence-corrected chi connectivity index (χ2v) is 2.16. The number of ketones is 1. The molecule has 0 radical (unpaired) electrons. The fourth-order valence-corrected chi connectivity index (χ4v) is 1.02. The molecule has 1 aliphatic carbocycles. The lowest BCUT2D eigenvalue weighted by Gasteiger charge is -1.94. The van der Waals surface area contributed by atoms with Crippen molar-refractivity contribution in [3.8, 4) is 0 Å². The molecule has 0 heterocycles. The number of carbonyl (C=O) groups is 1. The van der Waals surface area contributed by atoms with E-state index in [1.807, 2.05) is 0 Å². The van der Waals surface area contributed by atoms with Crippen molar-refractivity contribution < 1.29 is 9.72 Å². The Kier molecular flexibility index (Phi) is 2.95. The van der Waals surface area contributed by atoms with Crippen molar-refractivity contribution in [1.29, 1.82) is 0 Å². The predicted octanol–water partition coefficient (Wildman–Crippen LogP) is 0.547. The fourth-order valence-electron chi connectivity index (χ4n) is 1.02. The van der Waals surface area contributed by atoms with Gasteiger partial charge in [0.1, 0.15) is 0 Å². The summed E-state index contributed by atoms with van der Waals surface area (Å²) in [6.07, 6.45) is 1.52. The lowest BCUT2D eigenvalue weighted by molar-refractivity contribution is -0.505. The topological polar surface area (TPSA) is 95.2 Å². The number of nitrogens with zero attached hydrogens (tertiary/aromatic N) is 1. The van der Waals surface area contributed by atoms with Crippen LogP contribution < -0.4 is 6.15 Å². The Hall–Kier alpha value is -0.970. The summed E-state index contributed by atoms with van der Waals surface area (Å²) in [7, 11) is 0. The Morgan fingerprint density at radius 1 is 1.60 bits per heavy atom. The molecule has 1 aliphatic rings. The molecule has 0 bridgehead atoms. The summed E-state index contributed by atoms with van der Waals surface area (Å²) in [6, 6.07) is -0.884. The van der Waals surface area contributed by atoms with Crippen LogP contribution in [0.2, 0.25) is 0 Å². The normalized spacial score (nSPS) is 24.0. The zero-order valence-electron chi connectivity index (χ0n) is 5.58. The predicted molar refractivity (Wildman–Crippen MR) is 34.7 cm³/mol. The third kappa shape index (κ3) is 1.51. The lowest BCUT2D eigenvalue weighted by Crippen LogP contribution is -2.23. The average Bonchev–Trinajstić information content (AvgIpc) is 2.13. The molecule has 0 saturated heterocycles. The number of nitro groups is 1. The number of carbonyl (C=O) groups excluding carboxylic acids is 1. The third-order valence-corrected chi connectivity index (χ3v) is 1.53. The van der Waals surface area contributed by atoms with Crippen molar-refractivity contribution in [2.24, 2.45) is 0 Å². The van der Waals surface area contributed by atoms with Gasteiger partial charge in [0.2, 0.25) is 5.78 Å². The second kappa shape index (κ2) is 3.26. The highest BCUT2D eigenvalue weighted by atomic mass is 16.6. The Morgan fingerprint density at radius 3 is 2.40 bits per heavy atom. The largest absolute Gasteiger partial charge is 0.344 e. The maximum Gasteiger partial charge on any atom is 0.270 e.